The molecule has 0 spiro atoms. The highest BCUT2D eigenvalue weighted by molar-refractivity contribution is 6.28. The monoisotopic (exact) mass is 305 g/mol. The second-order valence-electron chi connectivity index (χ2n) is 4.78. The van der Waals surface area contributed by atoms with Gasteiger partial charge in [-0.15, -0.1) is 0 Å². The Labute approximate surface area is 128 Å². The number of ether oxygens (including phenoxy) is 1. The van der Waals surface area contributed by atoms with E-state index in [-0.39, 0.29) is 5.28 Å². The summed E-state index contributed by atoms with van der Waals surface area (Å²) in [6.45, 7) is 1.92. The van der Waals surface area contributed by atoms with Crippen LogP contribution in [0.1, 0.15) is 12.8 Å². The van der Waals surface area contributed by atoms with Crippen LogP contribution in [0.5, 0.6) is 5.75 Å². The van der Waals surface area contributed by atoms with E-state index in [0.29, 0.717) is 11.9 Å². The summed E-state index contributed by atoms with van der Waals surface area (Å²) in [6.07, 6.45) is 2.31. The average Bonchev–Trinajstić information content (AvgIpc) is 3.02. The minimum absolute atomic E-state index is 0.197. The number of anilines is 3. The highest BCUT2D eigenvalue weighted by Gasteiger charge is 2.17. The lowest BCUT2D eigenvalue weighted by Crippen LogP contribution is -2.21. The number of halogens is 1. The number of aromatic nitrogens is 3. The van der Waals surface area contributed by atoms with Gasteiger partial charge in [0, 0.05) is 18.8 Å². The smallest absolute Gasteiger partial charge is 0.233 e. The summed E-state index contributed by atoms with van der Waals surface area (Å²) in [5.41, 5.74) is 0.866. The number of hydrogen-bond donors (Lipinski definition) is 1. The number of nitrogens with one attached hydrogen (secondary N) is 1. The van der Waals surface area contributed by atoms with E-state index < -0.39 is 0 Å². The maximum Gasteiger partial charge on any atom is 0.233 e. The molecule has 1 saturated heterocycles. The molecule has 110 valence electrons. The van der Waals surface area contributed by atoms with E-state index in [4.69, 9.17) is 16.3 Å². The molecule has 0 unspecified atom stereocenters. The summed E-state index contributed by atoms with van der Waals surface area (Å²) in [5.74, 6) is 1.87. The van der Waals surface area contributed by atoms with E-state index >= 15 is 0 Å². The molecule has 1 aromatic heterocycles. The molecule has 0 amide bonds. The molecule has 2 heterocycles. The van der Waals surface area contributed by atoms with Gasteiger partial charge in [0.25, 0.3) is 0 Å². The Morgan fingerprint density at radius 2 is 1.81 bits per heavy atom. The standard InChI is InChI=1S/C14H16ClN5O/c1-21-11-6-4-10(5-7-11)16-13-17-12(15)18-14(19-13)20-8-2-3-9-20/h4-7H,2-3,8-9H2,1H3,(H,16,17,18,19). The predicted molar refractivity (Wildman–Crippen MR) is 82.6 cm³/mol. The van der Waals surface area contributed by atoms with Gasteiger partial charge in [-0.2, -0.15) is 15.0 Å². The van der Waals surface area contributed by atoms with Crippen LogP contribution in [0, 0.1) is 0 Å². The minimum Gasteiger partial charge on any atom is -0.497 e. The Bertz CT molecular complexity index is 613. The fourth-order valence-electron chi connectivity index (χ4n) is 2.26. The number of nitrogens with zero attached hydrogens (tertiary/aromatic N) is 4. The van der Waals surface area contributed by atoms with Crippen molar-refractivity contribution >= 4 is 29.2 Å². The summed E-state index contributed by atoms with van der Waals surface area (Å²) in [6, 6.07) is 7.52. The Balaban J connectivity index is 1.80. The molecule has 2 aromatic rings. The maximum absolute atomic E-state index is 5.99. The first-order valence-corrected chi connectivity index (χ1v) is 7.20. The molecule has 1 aliphatic rings. The van der Waals surface area contributed by atoms with Crippen LogP contribution in [-0.2, 0) is 0 Å². The summed E-state index contributed by atoms with van der Waals surface area (Å²) in [4.78, 5) is 14.9. The van der Waals surface area contributed by atoms with E-state index in [9.17, 15) is 0 Å². The molecule has 1 N–H and O–H groups in total. The lowest BCUT2D eigenvalue weighted by molar-refractivity contribution is 0.415. The first-order chi connectivity index (χ1) is 10.2. The number of rotatable bonds is 4. The van der Waals surface area contributed by atoms with Gasteiger partial charge in [0.15, 0.2) is 0 Å². The molecule has 0 bridgehead atoms. The molecular weight excluding hydrogens is 290 g/mol. The van der Waals surface area contributed by atoms with Crippen molar-refractivity contribution in [2.75, 3.05) is 30.4 Å². The molecule has 1 aromatic carbocycles. The van der Waals surface area contributed by atoms with Crippen LogP contribution in [-0.4, -0.2) is 35.2 Å². The van der Waals surface area contributed by atoms with Crippen LogP contribution in [0.3, 0.4) is 0 Å². The quantitative estimate of drug-likeness (QED) is 0.937. The molecular formula is C14H16ClN5O. The van der Waals surface area contributed by atoms with E-state index in [1.54, 1.807) is 7.11 Å². The van der Waals surface area contributed by atoms with Crippen molar-refractivity contribution in [2.24, 2.45) is 0 Å². The van der Waals surface area contributed by atoms with E-state index in [1.165, 1.54) is 0 Å². The van der Waals surface area contributed by atoms with Crippen LogP contribution >= 0.6 is 11.6 Å². The van der Waals surface area contributed by atoms with Crippen LogP contribution in [0.2, 0.25) is 5.28 Å². The highest BCUT2D eigenvalue weighted by Crippen LogP contribution is 2.22. The summed E-state index contributed by atoms with van der Waals surface area (Å²) in [7, 11) is 1.64. The van der Waals surface area contributed by atoms with Gasteiger partial charge in [0.2, 0.25) is 17.2 Å². The lowest BCUT2D eigenvalue weighted by atomic mass is 10.3. The van der Waals surface area contributed by atoms with Crippen molar-refractivity contribution in [3.05, 3.63) is 29.5 Å². The van der Waals surface area contributed by atoms with Crippen LogP contribution < -0.4 is 15.0 Å². The first kappa shape index (κ1) is 13.9. The molecule has 3 rings (SSSR count). The van der Waals surface area contributed by atoms with Gasteiger partial charge < -0.3 is 15.0 Å². The van der Waals surface area contributed by atoms with Crippen molar-refractivity contribution in [3.8, 4) is 5.75 Å². The zero-order valence-corrected chi connectivity index (χ0v) is 12.5. The largest absolute Gasteiger partial charge is 0.497 e. The fraction of sp³-hybridized carbons (Fsp3) is 0.357. The number of benzene rings is 1. The van der Waals surface area contributed by atoms with Crippen LogP contribution in [0.25, 0.3) is 0 Å². The van der Waals surface area contributed by atoms with Gasteiger partial charge in [-0.3, -0.25) is 0 Å². The normalized spacial score (nSPS) is 14.3. The number of hydrogen-bond acceptors (Lipinski definition) is 6. The van der Waals surface area contributed by atoms with Crippen molar-refractivity contribution in [2.45, 2.75) is 12.8 Å². The van der Waals surface area contributed by atoms with Gasteiger partial charge in [0.05, 0.1) is 7.11 Å². The Kier molecular flexibility index (Phi) is 4.06. The van der Waals surface area contributed by atoms with E-state index in [0.717, 1.165) is 37.4 Å². The minimum atomic E-state index is 0.197. The summed E-state index contributed by atoms with van der Waals surface area (Å²) >= 11 is 5.99. The maximum atomic E-state index is 5.99. The fourth-order valence-corrected chi connectivity index (χ4v) is 2.41. The van der Waals surface area contributed by atoms with Crippen LogP contribution in [0.4, 0.5) is 17.6 Å². The Morgan fingerprint density at radius 3 is 2.48 bits per heavy atom. The van der Waals surface area contributed by atoms with Crippen molar-refractivity contribution in [3.63, 3.8) is 0 Å². The molecule has 1 aliphatic heterocycles. The van der Waals surface area contributed by atoms with Gasteiger partial charge in [0.1, 0.15) is 5.75 Å². The van der Waals surface area contributed by atoms with Crippen LogP contribution in [0.15, 0.2) is 24.3 Å². The zero-order chi connectivity index (χ0) is 14.7. The molecule has 7 heteroatoms. The molecule has 6 nitrogen and oxygen atoms in total. The molecule has 1 fully saturated rings. The third-order valence-corrected chi connectivity index (χ3v) is 3.50. The topological polar surface area (TPSA) is 63.2 Å². The molecule has 21 heavy (non-hydrogen) atoms. The predicted octanol–water partition coefficient (Wildman–Crippen LogP) is 2.88. The summed E-state index contributed by atoms with van der Waals surface area (Å²) in [5, 5.41) is 3.33. The molecule has 0 saturated carbocycles. The van der Waals surface area contributed by atoms with Gasteiger partial charge in [-0.05, 0) is 48.7 Å². The molecule has 0 atom stereocenters. The number of methoxy groups -OCH3 is 1. The third kappa shape index (κ3) is 3.33. The van der Waals surface area contributed by atoms with Crippen molar-refractivity contribution in [1.29, 1.82) is 0 Å². The molecule has 0 radical (unpaired) electrons. The SMILES string of the molecule is COc1ccc(Nc2nc(Cl)nc(N3CCCC3)n2)cc1. The van der Waals surface area contributed by atoms with E-state index in [2.05, 4.69) is 25.2 Å². The van der Waals surface area contributed by atoms with Crippen molar-refractivity contribution in [1.82, 2.24) is 15.0 Å². The van der Waals surface area contributed by atoms with Gasteiger partial charge >= 0.3 is 0 Å². The molecule has 0 aliphatic carbocycles. The average molecular weight is 306 g/mol. The first-order valence-electron chi connectivity index (χ1n) is 6.82. The second kappa shape index (κ2) is 6.13. The second-order valence-corrected chi connectivity index (χ2v) is 5.11. The Hall–Kier alpha value is -2.08. The highest BCUT2D eigenvalue weighted by atomic mass is 35.5. The third-order valence-electron chi connectivity index (χ3n) is 3.33. The Morgan fingerprint density at radius 1 is 1.10 bits per heavy atom. The van der Waals surface area contributed by atoms with Gasteiger partial charge in [-0.1, -0.05) is 0 Å². The van der Waals surface area contributed by atoms with Crippen molar-refractivity contribution < 1.29 is 4.74 Å². The zero-order valence-electron chi connectivity index (χ0n) is 11.7. The summed E-state index contributed by atoms with van der Waals surface area (Å²) < 4.78 is 5.13. The lowest BCUT2D eigenvalue weighted by Gasteiger charge is -2.15. The van der Waals surface area contributed by atoms with E-state index in [1.807, 2.05) is 24.3 Å². The van der Waals surface area contributed by atoms with Gasteiger partial charge in [-0.25, -0.2) is 0 Å².